The van der Waals surface area contributed by atoms with Crippen LogP contribution in [0.5, 0.6) is 0 Å². The van der Waals surface area contributed by atoms with E-state index in [1.807, 2.05) is 11.4 Å². The molecule has 0 fully saturated rings. The van der Waals surface area contributed by atoms with Crippen molar-refractivity contribution in [1.82, 2.24) is 0 Å². The van der Waals surface area contributed by atoms with E-state index < -0.39 is 9.92 Å². The van der Waals surface area contributed by atoms with Crippen molar-refractivity contribution < 1.29 is 4.21 Å². The molecule has 0 saturated carbocycles. The molecule has 4 rings (SSSR count). The molecular weight excluding hydrogens is 362 g/mol. The van der Waals surface area contributed by atoms with Gasteiger partial charge in [-0.15, -0.1) is 11.3 Å². The average Bonchev–Trinajstić information content (AvgIpc) is 3.33. The lowest BCUT2D eigenvalue weighted by molar-refractivity contribution is 0.677. The van der Waals surface area contributed by atoms with Crippen LogP contribution in [0.4, 0.5) is 5.69 Å². The summed E-state index contributed by atoms with van der Waals surface area (Å²) in [6, 6.07) is 4.36. The van der Waals surface area contributed by atoms with Crippen molar-refractivity contribution in [2.45, 2.75) is 62.5 Å². The Morgan fingerprint density at radius 3 is 2.38 bits per heavy atom. The number of thiophene rings is 1. The van der Waals surface area contributed by atoms with E-state index in [1.165, 1.54) is 70.5 Å². The zero-order valence-electron chi connectivity index (χ0n) is 15.5. The van der Waals surface area contributed by atoms with Crippen molar-refractivity contribution in [2.75, 3.05) is 12.0 Å². The highest BCUT2D eigenvalue weighted by Gasteiger charge is 2.23. The lowest BCUT2D eigenvalue weighted by atomic mass is 9.99. The second-order valence-corrected chi connectivity index (χ2v) is 10.6. The summed E-state index contributed by atoms with van der Waals surface area (Å²) in [5.74, 6) is 0.405. The van der Waals surface area contributed by atoms with Crippen LogP contribution in [0.25, 0.3) is 0 Å². The zero-order chi connectivity index (χ0) is 18.3. The van der Waals surface area contributed by atoms with E-state index in [1.54, 1.807) is 0 Å². The molecule has 4 nitrogen and oxygen atoms in total. The monoisotopic (exact) mass is 389 g/mol. The van der Waals surface area contributed by atoms with E-state index in [-0.39, 0.29) is 0 Å². The number of benzene rings is 1. The fourth-order valence-corrected chi connectivity index (χ4v) is 6.43. The average molecular weight is 390 g/mol. The quantitative estimate of drug-likeness (QED) is 0.783. The summed E-state index contributed by atoms with van der Waals surface area (Å²) in [5.41, 5.74) is 8.29. The number of nitrogens with one attached hydrogen (secondary N) is 1. The van der Waals surface area contributed by atoms with Gasteiger partial charge in [-0.3, -0.25) is 0 Å². The highest BCUT2D eigenvalue weighted by molar-refractivity contribution is 7.93. The van der Waals surface area contributed by atoms with Crippen LogP contribution in [0.2, 0.25) is 0 Å². The zero-order valence-corrected chi connectivity index (χ0v) is 17.1. The van der Waals surface area contributed by atoms with Gasteiger partial charge in [0.05, 0.1) is 0 Å². The number of nitrogens with two attached hydrogens (primary N) is 1. The molecule has 140 valence electrons. The van der Waals surface area contributed by atoms with E-state index in [2.05, 4.69) is 29.6 Å². The van der Waals surface area contributed by atoms with Gasteiger partial charge < -0.3 is 5.32 Å². The Bertz CT molecular complexity index is 920. The molecule has 2 aliphatic rings. The SMILES string of the molecule is CC(C)c1csc(S(N)(=O)=NCNc2c3c(cc4c2CCC4)CCC3)c1. The fraction of sp³-hybridized carbons (Fsp3) is 0.500. The lowest BCUT2D eigenvalue weighted by Gasteiger charge is -2.16. The van der Waals surface area contributed by atoms with Crippen molar-refractivity contribution in [1.29, 1.82) is 0 Å². The molecule has 0 spiro atoms. The first-order chi connectivity index (χ1) is 12.5. The second kappa shape index (κ2) is 6.98. The third kappa shape index (κ3) is 3.30. The lowest BCUT2D eigenvalue weighted by Crippen LogP contribution is -2.14. The number of hydrogen-bond donors (Lipinski definition) is 2. The number of hydrogen-bond acceptors (Lipinski definition) is 4. The maximum atomic E-state index is 12.9. The minimum absolute atomic E-state index is 0.299. The third-order valence-corrected chi connectivity index (χ3v) is 8.49. The van der Waals surface area contributed by atoms with Gasteiger partial charge in [-0.1, -0.05) is 19.9 Å². The Labute approximate surface area is 160 Å². The summed E-state index contributed by atoms with van der Waals surface area (Å²) >= 11 is 1.45. The highest BCUT2D eigenvalue weighted by Crippen LogP contribution is 2.38. The molecule has 0 aliphatic heterocycles. The van der Waals surface area contributed by atoms with Gasteiger partial charge >= 0.3 is 0 Å². The number of nitrogens with zero attached hydrogens (tertiary/aromatic N) is 1. The summed E-state index contributed by atoms with van der Waals surface area (Å²) in [7, 11) is -2.84. The summed E-state index contributed by atoms with van der Waals surface area (Å²) < 4.78 is 17.9. The molecule has 6 heteroatoms. The Hall–Kier alpha value is -1.37. The molecule has 0 saturated heterocycles. The largest absolute Gasteiger partial charge is 0.365 e. The maximum absolute atomic E-state index is 12.9. The van der Waals surface area contributed by atoms with E-state index in [0.29, 0.717) is 16.8 Å². The molecule has 0 radical (unpaired) electrons. The van der Waals surface area contributed by atoms with Gasteiger partial charge in [-0.05, 0) is 83.7 Å². The minimum atomic E-state index is -2.84. The van der Waals surface area contributed by atoms with Crippen molar-refractivity contribution in [3.63, 3.8) is 0 Å². The van der Waals surface area contributed by atoms with Crippen molar-refractivity contribution in [3.05, 3.63) is 45.3 Å². The van der Waals surface area contributed by atoms with Crippen molar-refractivity contribution in [2.24, 2.45) is 9.50 Å². The molecule has 0 bridgehead atoms. The molecule has 1 aromatic heterocycles. The predicted molar refractivity (Wildman–Crippen MR) is 110 cm³/mol. The van der Waals surface area contributed by atoms with E-state index in [9.17, 15) is 4.21 Å². The first-order valence-electron chi connectivity index (χ1n) is 9.45. The Morgan fingerprint density at radius 1 is 1.15 bits per heavy atom. The molecule has 2 aromatic rings. The molecule has 2 aliphatic carbocycles. The third-order valence-electron chi connectivity index (χ3n) is 5.54. The number of anilines is 1. The smallest absolute Gasteiger partial charge is 0.146 e. The summed E-state index contributed by atoms with van der Waals surface area (Å²) in [4.78, 5) is 0. The normalized spacial score (nSPS) is 17.8. The van der Waals surface area contributed by atoms with Crippen LogP contribution in [0, 0.1) is 0 Å². The molecule has 3 N–H and O–H groups in total. The van der Waals surface area contributed by atoms with Crippen LogP contribution in [-0.2, 0) is 35.6 Å². The van der Waals surface area contributed by atoms with Crippen LogP contribution in [0.15, 0.2) is 26.1 Å². The summed E-state index contributed by atoms with van der Waals surface area (Å²) in [6.07, 6.45) is 7.07. The number of rotatable bonds is 5. The van der Waals surface area contributed by atoms with Crippen LogP contribution in [-0.4, -0.2) is 10.9 Å². The molecule has 1 aromatic carbocycles. The topological polar surface area (TPSA) is 67.5 Å². The van der Waals surface area contributed by atoms with Gasteiger partial charge in [0.2, 0.25) is 0 Å². The van der Waals surface area contributed by atoms with Crippen LogP contribution in [0.1, 0.15) is 60.4 Å². The maximum Gasteiger partial charge on any atom is 0.146 e. The first-order valence-corrected chi connectivity index (χ1v) is 11.9. The first kappa shape index (κ1) is 18.0. The molecule has 1 atom stereocenters. The second-order valence-electron chi connectivity index (χ2n) is 7.62. The Balaban J connectivity index is 1.58. The molecule has 1 heterocycles. The molecule has 1 unspecified atom stereocenters. The summed E-state index contributed by atoms with van der Waals surface area (Å²) in [6.45, 7) is 4.55. The Morgan fingerprint density at radius 2 is 1.81 bits per heavy atom. The van der Waals surface area contributed by atoms with E-state index in [4.69, 9.17) is 5.14 Å². The van der Waals surface area contributed by atoms with Gasteiger partial charge in [-0.25, -0.2) is 9.35 Å². The minimum Gasteiger partial charge on any atom is -0.365 e. The van der Waals surface area contributed by atoms with Crippen LogP contribution < -0.4 is 10.5 Å². The molecule has 26 heavy (non-hydrogen) atoms. The van der Waals surface area contributed by atoms with E-state index >= 15 is 0 Å². The van der Waals surface area contributed by atoms with Crippen molar-refractivity contribution in [3.8, 4) is 0 Å². The highest BCUT2D eigenvalue weighted by atomic mass is 32.2. The molecular formula is C20H27N3OS2. The Kier molecular flexibility index (Phi) is 4.84. The fourth-order valence-electron chi connectivity index (χ4n) is 4.09. The number of fused-ring (bicyclic) bond motifs is 2. The summed E-state index contributed by atoms with van der Waals surface area (Å²) in [5, 5.41) is 11.6. The standard InChI is InChI=1S/C20H27N3OS2/c1-13(2)16-10-19(25-11-16)26(21,24)23-12-22-20-17-7-3-5-14(17)9-15-6-4-8-18(15)20/h9-11,13,22H,3-8,12H2,1-2H3,(H2,21,23,24). The molecule has 0 amide bonds. The van der Waals surface area contributed by atoms with Crippen molar-refractivity contribution >= 4 is 26.9 Å². The van der Waals surface area contributed by atoms with Gasteiger partial charge in [0.15, 0.2) is 0 Å². The van der Waals surface area contributed by atoms with Gasteiger partial charge in [0.1, 0.15) is 20.8 Å². The van der Waals surface area contributed by atoms with Gasteiger partial charge in [0.25, 0.3) is 0 Å². The van der Waals surface area contributed by atoms with Crippen LogP contribution in [0.3, 0.4) is 0 Å². The van der Waals surface area contributed by atoms with Gasteiger partial charge in [-0.2, -0.15) is 4.36 Å². The van der Waals surface area contributed by atoms with E-state index in [0.717, 1.165) is 12.8 Å². The van der Waals surface area contributed by atoms with Gasteiger partial charge in [0, 0.05) is 5.69 Å². The predicted octanol–water partition coefficient (Wildman–Crippen LogP) is 4.62. The number of aryl methyl sites for hydroxylation is 2. The van der Waals surface area contributed by atoms with Crippen LogP contribution >= 0.6 is 11.3 Å².